The lowest BCUT2D eigenvalue weighted by Crippen LogP contribution is -2.20. The number of rotatable bonds is 11. The van der Waals surface area contributed by atoms with Gasteiger partial charge in [-0.25, -0.2) is 4.79 Å². The predicted octanol–water partition coefficient (Wildman–Crippen LogP) is 5.47. The smallest absolute Gasteiger partial charge is 0.323 e. The summed E-state index contributed by atoms with van der Waals surface area (Å²) in [6.45, 7) is 4.97. The third kappa shape index (κ3) is 7.32. The van der Waals surface area contributed by atoms with E-state index in [0.717, 1.165) is 23.4 Å². The number of nitrogens with zero attached hydrogens (tertiary/aromatic N) is 2. The van der Waals surface area contributed by atoms with Crippen LogP contribution >= 0.6 is 0 Å². The highest BCUT2D eigenvalue weighted by molar-refractivity contribution is 6.02. The van der Waals surface area contributed by atoms with E-state index < -0.39 is 6.03 Å². The van der Waals surface area contributed by atoms with E-state index in [4.69, 9.17) is 18.9 Å². The Hall–Kier alpha value is -4.44. The number of urea groups is 1. The number of hydrogen-bond donors (Lipinski definition) is 3. The fourth-order valence-corrected chi connectivity index (χ4v) is 3.96. The third-order valence-electron chi connectivity index (χ3n) is 6.04. The molecular formula is C29H36N4O6. The maximum Gasteiger partial charge on any atom is 0.323 e. The predicted molar refractivity (Wildman–Crippen MR) is 153 cm³/mol. The molecule has 0 heterocycles. The zero-order chi connectivity index (χ0) is 28.5. The standard InChI is InChI=1S/C29H36N4O6/c1-18-14-22(39-13-12-33(3)4)9-11-25(18)31-29(34)30-21-16-24(28(38-7)27(17-21)37-6)20-8-10-23(19(2)32-35)26(15-20)36-5/h8-11,14-17,35H,12-13H2,1-7H3,(H2,30,31,34)/b32-19+. The summed E-state index contributed by atoms with van der Waals surface area (Å²) >= 11 is 0. The van der Waals surface area contributed by atoms with Gasteiger partial charge in [0.25, 0.3) is 0 Å². The van der Waals surface area contributed by atoms with Gasteiger partial charge >= 0.3 is 6.03 Å². The average Bonchev–Trinajstić information content (AvgIpc) is 2.92. The van der Waals surface area contributed by atoms with Crippen LogP contribution in [-0.4, -0.2) is 70.4 Å². The van der Waals surface area contributed by atoms with Crippen LogP contribution in [0.1, 0.15) is 18.1 Å². The van der Waals surface area contributed by atoms with Crippen LogP contribution in [0.5, 0.6) is 23.0 Å². The Kier molecular flexibility index (Phi) is 9.99. The summed E-state index contributed by atoms with van der Waals surface area (Å²) in [6.07, 6.45) is 0. The number of carbonyl (C=O) groups is 1. The first-order chi connectivity index (χ1) is 18.7. The number of nitrogens with one attached hydrogen (secondary N) is 2. The minimum Gasteiger partial charge on any atom is -0.496 e. The Morgan fingerprint density at radius 1 is 0.949 bits per heavy atom. The highest BCUT2D eigenvalue weighted by Gasteiger charge is 2.18. The lowest BCUT2D eigenvalue weighted by molar-refractivity contribution is 0.260. The number of amides is 2. The Morgan fingerprint density at radius 3 is 2.31 bits per heavy atom. The number of aryl methyl sites for hydroxylation is 1. The van der Waals surface area contributed by atoms with E-state index in [1.807, 2.05) is 50.2 Å². The maximum absolute atomic E-state index is 12.9. The van der Waals surface area contributed by atoms with Gasteiger partial charge in [-0.15, -0.1) is 0 Å². The van der Waals surface area contributed by atoms with Gasteiger partial charge in [0.2, 0.25) is 0 Å². The minimum absolute atomic E-state index is 0.415. The lowest BCUT2D eigenvalue weighted by atomic mass is 9.99. The number of hydrogen-bond acceptors (Lipinski definition) is 8. The number of likely N-dealkylation sites (N-methyl/N-ethyl adjacent to an activating group) is 1. The summed E-state index contributed by atoms with van der Waals surface area (Å²) in [5.74, 6) is 2.19. The van der Waals surface area contributed by atoms with Crippen molar-refractivity contribution in [3.05, 3.63) is 59.7 Å². The molecular weight excluding hydrogens is 500 g/mol. The van der Waals surface area contributed by atoms with Gasteiger partial charge in [0.15, 0.2) is 11.5 Å². The van der Waals surface area contributed by atoms with Crippen LogP contribution < -0.4 is 29.6 Å². The summed E-state index contributed by atoms with van der Waals surface area (Å²) in [7, 11) is 8.60. The van der Waals surface area contributed by atoms with Crippen molar-refractivity contribution < 1.29 is 28.9 Å². The lowest BCUT2D eigenvalue weighted by Gasteiger charge is -2.18. The molecule has 10 nitrogen and oxygen atoms in total. The first-order valence-corrected chi connectivity index (χ1v) is 12.3. The van der Waals surface area contributed by atoms with E-state index in [-0.39, 0.29) is 0 Å². The van der Waals surface area contributed by atoms with Crippen LogP contribution in [0.2, 0.25) is 0 Å². The second-order valence-electron chi connectivity index (χ2n) is 9.07. The Labute approximate surface area is 229 Å². The van der Waals surface area contributed by atoms with E-state index in [0.29, 0.717) is 52.1 Å². The van der Waals surface area contributed by atoms with Crippen LogP contribution in [0.15, 0.2) is 53.7 Å². The molecule has 0 aliphatic rings. The van der Waals surface area contributed by atoms with Gasteiger partial charge < -0.3 is 39.7 Å². The van der Waals surface area contributed by atoms with Crippen molar-refractivity contribution in [3.63, 3.8) is 0 Å². The van der Waals surface area contributed by atoms with Gasteiger partial charge in [-0.1, -0.05) is 11.2 Å². The molecule has 0 saturated carbocycles. The second-order valence-corrected chi connectivity index (χ2v) is 9.07. The largest absolute Gasteiger partial charge is 0.496 e. The fraction of sp³-hybridized carbons (Fsp3) is 0.310. The van der Waals surface area contributed by atoms with Gasteiger partial charge in [0, 0.05) is 35.1 Å². The Morgan fingerprint density at radius 2 is 1.69 bits per heavy atom. The van der Waals surface area contributed by atoms with Gasteiger partial charge in [-0.2, -0.15) is 0 Å². The number of methoxy groups -OCH3 is 3. The number of benzene rings is 3. The summed E-state index contributed by atoms with van der Waals surface area (Å²) in [5, 5.41) is 18.2. The Bertz CT molecular complexity index is 1340. The first kappa shape index (κ1) is 29.1. The Balaban J connectivity index is 1.86. The van der Waals surface area contributed by atoms with Gasteiger partial charge in [-0.3, -0.25) is 0 Å². The van der Waals surface area contributed by atoms with Crippen LogP contribution in [0.4, 0.5) is 16.2 Å². The molecule has 0 spiro atoms. The van der Waals surface area contributed by atoms with E-state index >= 15 is 0 Å². The zero-order valence-corrected chi connectivity index (χ0v) is 23.4. The summed E-state index contributed by atoms with van der Waals surface area (Å²) in [6, 6.07) is 14.0. The molecule has 3 aromatic carbocycles. The SMILES string of the molecule is COc1cc(-c2cc(NC(=O)Nc3ccc(OCCN(C)C)cc3C)cc(OC)c2OC)ccc1/C(C)=N/O. The van der Waals surface area contributed by atoms with Crippen molar-refractivity contribution in [2.24, 2.45) is 5.16 Å². The van der Waals surface area contributed by atoms with E-state index in [2.05, 4.69) is 15.8 Å². The molecule has 0 radical (unpaired) electrons. The maximum atomic E-state index is 12.9. The van der Waals surface area contributed by atoms with Gasteiger partial charge in [0.1, 0.15) is 18.1 Å². The van der Waals surface area contributed by atoms with Crippen molar-refractivity contribution in [1.29, 1.82) is 0 Å². The molecule has 0 saturated heterocycles. The van der Waals surface area contributed by atoms with Gasteiger partial charge in [-0.05, 0) is 75.5 Å². The van der Waals surface area contributed by atoms with Crippen molar-refractivity contribution in [3.8, 4) is 34.1 Å². The molecule has 39 heavy (non-hydrogen) atoms. The highest BCUT2D eigenvalue weighted by atomic mass is 16.5. The second kappa shape index (κ2) is 13.4. The molecule has 0 aliphatic carbocycles. The number of anilines is 2. The van der Waals surface area contributed by atoms with Crippen LogP contribution in [0.3, 0.4) is 0 Å². The molecule has 2 amide bonds. The van der Waals surface area contributed by atoms with Crippen molar-refractivity contribution >= 4 is 23.1 Å². The topological polar surface area (TPSA) is 114 Å². The summed E-state index contributed by atoms with van der Waals surface area (Å²) < 4.78 is 22.5. The van der Waals surface area contributed by atoms with Crippen molar-refractivity contribution in [1.82, 2.24) is 4.90 Å². The summed E-state index contributed by atoms with van der Waals surface area (Å²) in [5.41, 5.74) is 4.51. The van der Waals surface area contributed by atoms with Gasteiger partial charge in [0.05, 0.1) is 27.0 Å². The molecule has 10 heteroatoms. The van der Waals surface area contributed by atoms with Crippen LogP contribution in [0, 0.1) is 6.92 Å². The van der Waals surface area contributed by atoms with Crippen molar-refractivity contribution in [2.75, 3.05) is 59.2 Å². The molecule has 3 N–H and O–H groups in total. The minimum atomic E-state index is -0.416. The molecule has 0 aliphatic heterocycles. The molecule has 0 unspecified atom stereocenters. The molecule has 0 bridgehead atoms. The number of oxime groups is 1. The summed E-state index contributed by atoms with van der Waals surface area (Å²) in [4.78, 5) is 15.0. The van der Waals surface area contributed by atoms with E-state index in [9.17, 15) is 10.0 Å². The molecule has 3 rings (SSSR count). The molecule has 3 aromatic rings. The third-order valence-corrected chi connectivity index (χ3v) is 6.04. The zero-order valence-electron chi connectivity index (χ0n) is 23.4. The highest BCUT2D eigenvalue weighted by Crippen LogP contribution is 2.42. The normalized spacial score (nSPS) is 11.2. The molecule has 208 valence electrons. The number of ether oxygens (including phenoxy) is 4. The molecule has 0 atom stereocenters. The number of carbonyl (C=O) groups excluding carboxylic acids is 1. The first-order valence-electron chi connectivity index (χ1n) is 12.3. The van der Waals surface area contributed by atoms with Crippen LogP contribution in [0.25, 0.3) is 11.1 Å². The average molecular weight is 537 g/mol. The molecule has 0 fully saturated rings. The van der Waals surface area contributed by atoms with E-state index in [1.54, 1.807) is 38.3 Å². The van der Waals surface area contributed by atoms with Crippen LogP contribution in [-0.2, 0) is 0 Å². The quantitative estimate of drug-likeness (QED) is 0.169. The fourth-order valence-electron chi connectivity index (χ4n) is 3.96. The van der Waals surface area contributed by atoms with E-state index in [1.165, 1.54) is 14.2 Å². The van der Waals surface area contributed by atoms with Crippen molar-refractivity contribution in [2.45, 2.75) is 13.8 Å². The monoisotopic (exact) mass is 536 g/mol. The molecule has 0 aromatic heterocycles.